The van der Waals surface area contributed by atoms with Crippen LogP contribution in [0.1, 0.15) is 24.7 Å². The average Bonchev–Trinajstić information content (AvgIpc) is 2.68. The van der Waals surface area contributed by atoms with Gasteiger partial charge in [-0.1, -0.05) is 30.3 Å². The molecule has 2 heterocycles. The summed E-state index contributed by atoms with van der Waals surface area (Å²) in [5, 5.41) is 10.7. The number of methoxy groups -OCH3 is 1. The van der Waals surface area contributed by atoms with Crippen LogP contribution >= 0.6 is 0 Å². The molecule has 0 bridgehead atoms. The molecule has 0 saturated carbocycles. The predicted octanol–water partition coefficient (Wildman–Crippen LogP) is 1.16. The highest BCUT2D eigenvalue weighted by Gasteiger charge is 2.51. The molecule has 1 aromatic carbocycles. The summed E-state index contributed by atoms with van der Waals surface area (Å²) >= 11 is 0. The number of carbonyl (C=O) groups excluding carboxylic acids is 1. The minimum atomic E-state index is -1.12. The minimum absolute atomic E-state index is 0.0564. The molecule has 6 atom stereocenters. The van der Waals surface area contributed by atoms with E-state index in [9.17, 15) is 9.90 Å². The SMILES string of the molecule is C#CCCC(=O)O[C@H]1[C@@H](OC)O[C@@H]2COC(c3ccccc3)O[C@H]2[C@@H]1O. The molecule has 0 spiro atoms. The van der Waals surface area contributed by atoms with E-state index in [1.54, 1.807) is 0 Å². The van der Waals surface area contributed by atoms with Crippen LogP contribution in [0, 0.1) is 12.3 Å². The maximum Gasteiger partial charge on any atom is 0.307 e. The molecule has 0 amide bonds. The summed E-state index contributed by atoms with van der Waals surface area (Å²) in [7, 11) is 1.41. The fourth-order valence-corrected chi connectivity index (χ4v) is 3.05. The highest BCUT2D eigenvalue weighted by atomic mass is 16.8. The molecule has 2 saturated heterocycles. The zero-order valence-electron chi connectivity index (χ0n) is 14.4. The highest BCUT2D eigenvalue weighted by Crippen LogP contribution is 2.35. The zero-order valence-corrected chi connectivity index (χ0v) is 14.4. The Labute approximate surface area is 152 Å². The van der Waals surface area contributed by atoms with Gasteiger partial charge in [0.05, 0.1) is 13.0 Å². The van der Waals surface area contributed by atoms with Crippen molar-refractivity contribution in [2.24, 2.45) is 0 Å². The molecule has 7 heteroatoms. The Morgan fingerprint density at radius 2 is 2.12 bits per heavy atom. The van der Waals surface area contributed by atoms with E-state index in [4.69, 9.17) is 30.1 Å². The van der Waals surface area contributed by atoms with Crippen molar-refractivity contribution in [1.82, 2.24) is 0 Å². The summed E-state index contributed by atoms with van der Waals surface area (Å²) in [6.07, 6.45) is 0.541. The first-order chi connectivity index (χ1) is 12.6. The summed E-state index contributed by atoms with van der Waals surface area (Å²) in [4.78, 5) is 11.9. The van der Waals surface area contributed by atoms with E-state index in [0.29, 0.717) is 0 Å². The average molecular weight is 362 g/mol. The number of esters is 1. The van der Waals surface area contributed by atoms with E-state index in [2.05, 4.69) is 5.92 Å². The maximum absolute atomic E-state index is 11.9. The lowest BCUT2D eigenvalue weighted by atomic mass is 9.97. The largest absolute Gasteiger partial charge is 0.454 e. The topological polar surface area (TPSA) is 83.5 Å². The number of fused-ring (bicyclic) bond motifs is 1. The molecule has 26 heavy (non-hydrogen) atoms. The monoisotopic (exact) mass is 362 g/mol. The molecule has 0 aliphatic carbocycles. The lowest BCUT2D eigenvalue weighted by Crippen LogP contribution is -2.63. The molecule has 7 nitrogen and oxygen atoms in total. The van der Waals surface area contributed by atoms with Gasteiger partial charge in [-0.3, -0.25) is 4.79 Å². The van der Waals surface area contributed by atoms with Crippen molar-refractivity contribution < 1.29 is 33.6 Å². The third kappa shape index (κ3) is 4.06. The third-order valence-electron chi connectivity index (χ3n) is 4.35. The molecule has 3 rings (SSSR count). The van der Waals surface area contributed by atoms with Crippen LogP contribution in [0.4, 0.5) is 0 Å². The molecule has 0 radical (unpaired) electrons. The van der Waals surface area contributed by atoms with Gasteiger partial charge in [-0.2, -0.15) is 0 Å². The summed E-state index contributed by atoms with van der Waals surface area (Å²) in [6.45, 7) is 0.221. The maximum atomic E-state index is 11.9. The van der Waals surface area contributed by atoms with E-state index in [1.165, 1.54) is 7.11 Å². The molecule has 1 unspecified atom stereocenters. The van der Waals surface area contributed by atoms with Gasteiger partial charge in [0, 0.05) is 19.1 Å². The van der Waals surface area contributed by atoms with Crippen LogP contribution in [-0.2, 0) is 28.5 Å². The van der Waals surface area contributed by atoms with Gasteiger partial charge in [0.15, 0.2) is 18.7 Å². The van der Waals surface area contributed by atoms with Gasteiger partial charge >= 0.3 is 5.97 Å². The Morgan fingerprint density at radius 1 is 1.35 bits per heavy atom. The van der Waals surface area contributed by atoms with Crippen molar-refractivity contribution in [3.05, 3.63) is 35.9 Å². The number of rotatable bonds is 5. The molecule has 2 aliphatic heterocycles. The Morgan fingerprint density at radius 3 is 2.81 bits per heavy atom. The Balaban J connectivity index is 1.71. The number of terminal acetylenes is 1. The lowest BCUT2D eigenvalue weighted by molar-refractivity contribution is -0.358. The molecule has 140 valence electrons. The summed E-state index contributed by atoms with van der Waals surface area (Å²) in [6, 6.07) is 9.38. The molecule has 0 aromatic heterocycles. The first-order valence-corrected chi connectivity index (χ1v) is 8.45. The van der Waals surface area contributed by atoms with Gasteiger partial charge in [0.1, 0.15) is 18.3 Å². The number of hydrogen-bond acceptors (Lipinski definition) is 7. The van der Waals surface area contributed by atoms with E-state index in [1.807, 2.05) is 30.3 Å². The second-order valence-corrected chi connectivity index (χ2v) is 6.10. The van der Waals surface area contributed by atoms with E-state index >= 15 is 0 Å². The van der Waals surface area contributed by atoms with Crippen molar-refractivity contribution >= 4 is 5.97 Å². The summed E-state index contributed by atoms with van der Waals surface area (Å²) in [5.74, 6) is 1.85. The third-order valence-corrected chi connectivity index (χ3v) is 4.35. The van der Waals surface area contributed by atoms with Crippen LogP contribution in [-0.4, -0.2) is 55.5 Å². The lowest BCUT2D eigenvalue weighted by Gasteiger charge is -2.46. The highest BCUT2D eigenvalue weighted by molar-refractivity contribution is 5.70. The van der Waals surface area contributed by atoms with Crippen LogP contribution in [0.5, 0.6) is 0 Å². The standard InChI is InChI=1S/C19H22O7/c1-3-4-10-14(20)25-17-15(21)16-13(24-19(17)22-2)11-23-18(26-16)12-8-6-5-7-9-12/h1,5-9,13,15-19,21H,4,10-11H2,2H3/t13-,15+,16-,17-,18?,19+/m1/s1. The van der Waals surface area contributed by atoms with Crippen LogP contribution in [0.2, 0.25) is 0 Å². The van der Waals surface area contributed by atoms with Crippen LogP contribution in [0.15, 0.2) is 30.3 Å². The van der Waals surface area contributed by atoms with Crippen molar-refractivity contribution in [2.45, 2.75) is 49.8 Å². The number of aliphatic hydroxyl groups is 1. The molecular formula is C19H22O7. The van der Waals surface area contributed by atoms with Crippen LogP contribution < -0.4 is 0 Å². The molecular weight excluding hydrogens is 340 g/mol. The number of hydrogen-bond donors (Lipinski definition) is 1. The Hall–Kier alpha value is -1.95. The van der Waals surface area contributed by atoms with Crippen molar-refractivity contribution in [1.29, 1.82) is 0 Å². The van der Waals surface area contributed by atoms with E-state index in [-0.39, 0.29) is 19.4 Å². The molecule has 2 fully saturated rings. The van der Waals surface area contributed by atoms with Crippen LogP contribution in [0.25, 0.3) is 0 Å². The second-order valence-electron chi connectivity index (χ2n) is 6.10. The zero-order chi connectivity index (χ0) is 18.5. The van der Waals surface area contributed by atoms with Gasteiger partial charge in [-0.25, -0.2) is 0 Å². The van der Waals surface area contributed by atoms with Gasteiger partial charge in [0.2, 0.25) is 0 Å². The number of benzene rings is 1. The number of aliphatic hydroxyl groups excluding tert-OH is 1. The van der Waals surface area contributed by atoms with Gasteiger partial charge in [-0.15, -0.1) is 12.3 Å². The van der Waals surface area contributed by atoms with Crippen molar-refractivity contribution in [2.75, 3.05) is 13.7 Å². The minimum Gasteiger partial charge on any atom is -0.454 e. The van der Waals surface area contributed by atoms with Gasteiger partial charge in [-0.05, 0) is 0 Å². The van der Waals surface area contributed by atoms with Crippen LogP contribution in [0.3, 0.4) is 0 Å². The Bertz CT molecular complexity index is 641. The fourth-order valence-electron chi connectivity index (χ4n) is 3.05. The first-order valence-electron chi connectivity index (χ1n) is 8.45. The second kappa shape index (κ2) is 8.62. The van der Waals surface area contributed by atoms with Gasteiger partial charge < -0.3 is 28.8 Å². The van der Waals surface area contributed by atoms with Crippen molar-refractivity contribution in [3.8, 4) is 12.3 Å². The quantitative estimate of drug-likeness (QED) is 0.622. The smallest absolute Gasteiger partial charge is 0.307 e. The first kappa shape index (κ1) is 18.8. The van der Waals surface area contributed by atoms with Crippen molar-refractivity contribution in [3.63, 3.8) is 0 Å². The van der Waals surface area contributed by atoms with E-state index < -0.39 is 43.0 Å². The summed E-state index contributed by atoms with van der Waals surface area (Å²) < 4.78 is 27.9. The summed E-state index contributed by atoms with van der Waals surface area (Å²) in [5.41, 5.74) is 0.828. The normalized spacial score (nSPS) is 33.7. The van der Waals surface area contributed by atoms with E-state index in [0.717, 1.165) is 5.56 Å². The Kier molecular flexibility index (Phi) is 6.25. The predicted molar refractivity (Wildman–Crippen MR) is 89.6 cm³/mol. The molecule has 1 N–H and O–H groups in total. The fraction of sp³-hybridized carbons (Fsp3) is 0.526. The molecule has 2 aliphatic rings. The number of ether oxygens (including phenoxy) is 5. The number of carbonyl (C=O) groups is 1. The van der Waals surface area contributed by atoms with Gasteiger partial charge in [0.25, 0.3) is 0 Å². The molecule has 1 aromatic rings.